The van der Waals surface area contributed by atoms with Crippen molar-refractivity contribution in [2.45, 2.75) is 6.04 Å². The second-order valence-corrected chi connectivity index (χ2v) is 5.40. The maximum atomic E-state index is 5.24. The highest BCUT2D eigenvalue weighted by Gasteiger charge is 2.14. The first-order valence-electron chi connectivity index (χ1n) is 6.31. The number of nitrogens with one attached hydrogen (secondary N) is 1. The molecule has 0 amide bonds. The molecule has 0 radical (unpaired) electrons. The molecule has 3 aromatic heterocycles. The molecule has 5 heteroatoms. The molecule has 4 nitrogen and oxygen atoms in total. The average Bonchev–Trinajstić information content (AvgIpc) is 2.96. The molecule has 20 heavy (non-hydrogen) atoms. The van der Waals surface area contributed by atoms with E-state index in [4.69, 9.17) is 4.74 Å². The van der Waals surface area contributed by atoms with Gasteiger partial charge in [0.15, 0.2) is 0 Å². The number of thiophene rings is 1. The summed E-state index contributed by atoms with van der Waals surface area (Å²) < 4.78 is 6.43. The van der Waals surface area contributed by atoms with E-state index in [0.29, 0.717) is 0 Å². The van der Waals surface area contributed by atoms with Gasteiger partial charge in [-0.1, -0.05) is 0 Å². The largest absolute Gasteiger partial charge is 0.495 e. The predicted octanol–water partition coefficient (Wildman–Crippen LogP) is 3.01. The summed E-state index contributed by atoms with van der Waals surface area (Å²) in [6.45, 7) is 0. The normalized spacial score (nSPS) is 12.5. The van der Waals surface area contributed by atoms with Gasteiger partial charge in [0.05, 0.1) is 29.6 Å². The molecule has 0 spiro atoms. The summed E-state index contributed by atoms with van der Waals surface area (Å²) in [5, 5.41) is 5.37. The highest BCUT2D eigenvalue weighted by molar-refractivity contribution is 7.17. The molecular weight excluding hydrogens is 270 g/mol. The lowest BCUT2D eigenvalue weighted by Crippen LogP contribution is -2.18. The third-order valence-electron chi connectivity index (χ3n) is 3.25. The highest BCUT2D eigenvalue weighted by atomic mass is 32.1. The van der Waals surface area contributed by atoms with E-state index in [-0.39, 0.29) is 6.04 Å². The minimum atomic E-state index is 0.0524. The van der Waals surface area contributed by atoms with Crippen LogP contribution < -0.4 is 10.1 Å². The SMILES string of the molecule is CNC(c1cncc(OC)c1)c1cnc2ccsc2c1. The molecular formula is C15H15N3OS. The second-order valence-electron chi connectivity index (χ2n) is 4.45. The third-order valence-corrected chi connectivity index (χ3v) is 4.10. The summed E-state index contributed by atoms with van der Waals surface area (Å²) >= 11 is 1.70. The van der Waals surface area contributed by atoms with Crippen LogP contribution in [0.1, 0.15) is 17.2 Å². The lowest BCUT2D eigenvalue weighted by molar-refractivity contribution is 0.411. The fourth-order valence-corrected chi connectivity index (χ4v) is 3.04. The summed E-state index contributed by atoms with van der Waals surface area (Å²) in [7, 11) is 3.58. The number of ether oxygens (including phenoxy) is 1. The van der Waals surface area contributed by atoms with Crippen molar-refractivity contribution in [3.05, 3.63) is 53.3 Å². The van der Waals surface area contributed by atoms with Crippen molar-refractivity contribution in [3.8, 4) is 5.75 Å². The topological polar surface area (TPSA) is 47.0 Å². The molecule has 0 aliphatic rings. The van der Waals surface area contributed by atoms with Crippen molar-refractivity contribution in [2.24, 2.45) is 0 Å². The van der Waals surface area contributed by atoms with Gasteiger partial charge in [0.2, 0.25) is 0 Å². The smallest absolute Gasteiger partial charge is 0.137 e. The van der Waals surface area contributed by atoms with Gasteiger partial charge in [0.25, 0.3) is 0 Å². The number of pyridine rings is 2. The van der Waals surface area contributed by atoms with E-state index in [1.54, 1.807) is 24.6 Å². The van der Waals surface area contributed by atoms with Crippen LogP contribution in [-0.2, 0) is 0 Å². The third kappa shape index (κ3) is 2.37. The molecule has 0 aromatic carbocycles. The molecule has 1 N–H and O–H groups in total. The summed E-state index contributed by atoms with van der Waals surface area (Å²) in [5.41, 5.74) is 3.22. The molecule has 0 bridgehead atoms. The fourth-order valence-electron chi connectivity index (χ4n) is 2.25. The minimum absolute atomic E-state index is 0.0524. The Morgan fingerprint density at radius 3 is 2.85 bits per heavy atom. The Labute approximate surface area is 121 Å². The number of hydrogen-bond donors (Lipinski definition) is 1. The molecule has 0 aliphatic heterocycles. The van der Waals surface area contributed by atoms with Gasteiger partial charge in [0, 0.05) is 12.4 Å². The summed E-state index contributed by atoms with van der Waals surface area (Å²) in [6.07, 6.45) is 5.47. The maximum Gasteiger partial charge on any atom is 0.137 e. The van der Waals surface area contributed by atoms with Gasteiger partial charge in [-0.15, -0.1) is 11.3 Å². The number of aromatic nitrogens is 2. The minimum Gasteiger partial charge on any atom is -0.495 e. The quantitative estimate of drug-likeness (QED) is 0.800. The first kappa shape index (κ1) is 13.0. The fraction of sp³-hybridized carbons (Fsp3) is 0.200. The van der Waals surface area contributed by atoms with E-state index in [2.05, 4.69) is 26.7 Å². The van der Waals surface area contributed by atoms with Crippen LogP contribution in [0.15, 0.2) is 42.2 Å². The van der Waals surface area contributed by atoms with Gasteiger partial charge in [0.1, 0.15) is 5.75 Å². The van der Waals surface area contributed by atoms with Crippen molar-refractivity contribution in [1.29, 1.82) is 0 Å². The summed E-state index contributed by atoms with van der Waals surface area (Å²) in [5.74, 6) is 0.757. The van der Waals surface area contributed by atoms with Crippen LogP contribution in [0.4, 0.5) is 0 Å². The van der Waals surface area contributed by atoms with E-state index in [1.165, 1.54) is 4.70 Å². The van der Waals surface area contributed by atoms with Gasteiger partial charge >= 0.3 is 0 Å². The molecule has 0 aliphatic carbocycles. The molecule has 1 unspecified atom stereocenters. The van der Waals surface area contributed by atoms with Crippen LogP contribution in [0.3, 0.4) is 0 Å². The molecule has 0 saturated heterocycles. The van der Waals surface area contributed by atoms with Crippen LogP contribution in [0, 0.1) is 0 Å². The standard InChI is InChI=1S/C15H15N3OS/c1-16-15(10-5-12(19-2)9-17-7-10)11-6-14-13(18-8-11)3-4-20-14/h3-9,15-16H,1-2H3. The van der Waals surface area contributed by atoms with Gasteiger partial charge in [-0.25, -0.2) is 0 Å². The number of hydrogen-bond acceptors (Lipinski definition) is 5. The zero-order chi connectivity index (χ0) is 13.9. The first-order valence-corrected chi connectivity index (χ1v) is 7.19. The van der Waals surface area contributed by atoms with Crippen molar-refractivity contribution < 1.29 is 4.74 Å². The Morgan fingerprint density at radius 2 is 2.05 bits per heavy atom. The number of rotatable bonds is 4. The van der Waals surface area contributed by atoms with E-state index >= 15 is 0 Å². The van der Waals surface area contributed by atoms with Crippen LogP contribution in [-0.4, -0.2) is 24.1 Å². The lowest BCUT2D eigenvalue weighted by Gasteiger charge is -2.17. The maximum absolute atomic E-state index is 5.24. The lowest BCUT2D eigenvalue weighted by atomic mass is 10.0. The van der Waals surface area contributed by atoms with E-state index < -0.39 is 0 Å². The van der Waals surface area contributed by atoms with Crippen molar-refractivity contribution in [1.82, 2.24) is 15.3 Å². The zero-order valence-corrected chi connectivity index (χ0v) is 12.1. The van der Waals surface area contributed by atoms with E-state index in [1.807, 2.05) is 31.6 Å². The van der Waals surface area contributed by atoms with Gasteiger partial charge in [-0.3, -0.25) is 9.97 Å². The van der Waals surface area contributed by atoms with Crippen molar-refractivity contribution in [2.75, 3.05) is 14.2 Å². The highest BCUT2D eigenvalue weighted by Crippen LogP contribution is 2.27. The Morgan fingerprint density at radius 1 is 1.20 bits per heavy atom. The monoisotopic (exact) mass is 285 g/mol. The van der Waals surface area contributed by atoms with Crippen LogP contribution >= 0.6 is 11.3 Å². The number of methoxy groups -OCH3 is 1. The first-order chi connectivity index (χ1) is 9.81. The molecule has 102 valence electrons. The summed E-state index contributed by atoms with van der Waals surface area (Å²) in [4.78, 5) is 8.72. The predicted molar refractivity (Wildman–Crippen MR) is 81.3 cm³/mol. The van der Waals surface area contributed by atoms with Gasteiger partial charge in [-0.05, 0) is 41.8 Å². The molecule has 1 atom stereocenters. The number of nitrogens with zero attached hydrogens (tertiary/aromatic N) is 2. The van der Waals surface area contributed by atoms with Gasteiger partial charge in [-0.2, -0.15) is 0 Å². The second kappa shape index (κ2) is 5.56. The van der Waals surface area contributed by atoms with Gasteiger partial charge < -0.3 is 10.1 Å². The summed E-state index contributed by atoms with van der Waals surface area (Å²) in [6, 6.07) is 6.25. The Hall–Kier alpha value is -1.98. The Kier molecular flexibility index (Phi) is 3.62. The van der Waals surface area contributed by atoms with Crippen molar-refractivity contribution >= 4 is 21.6 Å². The molecule has 0 fully saturated rings. The Bertz CT molecular complexity index is 726. The van der Waals surface area contributed by atoms with Crippen molar-refractivity contribution in [3.63, 3.8) is 0 Å². The van der Waals surface area contributed by atoms with Crippen LogP contribution in [0.25, 0.3) is 10.2 Å². The van der Waals surface area contributed by atoms with E-state index in [9.17, 15) is 0 Å². The average molecular weight is 285 g/mol. The molecule has 0 saturated carbocycles. The molecule has 3 aromatic rings. The number of fused-ring (bicyclic) bond motifs is 1. The Balaban J connectivity index is 2.03. The molecule has 3 heterocycles. The van der Waals surface area contributed by atoms with E-state index in [0.717, 1.165) is 22.4 Å². The zero-order valence-electron chi connectivity index (χ0n) is 11.3. The molecule has 3 rings (SSSR count). The van der Waals surface area contributed by atoms with Crippen LogP contribution in [0.5, 0.6) is 5.75 Å². The van der Waals surface area contributed by atoms with Crippen LogP contribution in [0.2, 0.25) is 0 Å².